The van der Waals surface area contributed by atoms with Crippen LogP contribution in [0, 0.1) is 0 Å². The zero-order valence-corrected chi connectivity index (χ0v) is 12.0. The van der Waals surface area contributed by atoms with Crippen molar-refractivity contribution < 1.29 is 14.6 Å². The van der Waals surface area contributed by atoms with Gasteiger partial charge < -0.3 is 14.6 Å². The van der Waals surface area contributed by atoms with Gasteiger partial charge in [-0.3, -0.25) is 4.90 Å². The van der Waals surface area contributed by atoms with Crippen molar-refractivity contribution in [3.8, 4) is 0 Å². The van der Waals surface area contributed by atoms with Gasteiger partial charge in [-0.25, -0.2) is 0 Å². The Morgan fingerprint density at radius 3 is 2.41 bits per heavy atom. The van der Waals surface area contributed by atoms with Crippen LogP contribution in [0.5, 0.6) is 0 Å². The number of aliphatic hydroxyl groups is 1. The van der Waals surface area contributed by atoms with Crippen molar-refractivity contribution >= 4 is 0 Å². The van der Waals surface area contributed by atoms with Crippen molar-refractivity contribution in [3.05, 3.63) is 0 Å². The summed E-state index contributed by atoms with van der Waals surface area (Å²) in [6, 6.07) is 0.323. The average Bonchev–Trinajstić information content (AvgIpc) is 2.34. The van der Waals surface area contributed by atoms with Gasteiger partial charge >= 0.3 is 0 Å². The Kier molecular flexibility index (Phi) is 4.58. The molecule has 1 N–H and O–H groups in total. The number of ether oxygens (including phenoxy) is 2. The first-order chi connectivity index (χ1) is 7.68. The highest BCUT2D eigenvalue weighted by Crippen LogP contribution is 2.39. The summed E-state index contributed by atoms with van der Waals surface area (Å²) in [5, 5.41) is 9.77. The lowest BCUT2D eigenvalue weighted by Crippen LogP contribution is -2.47. The van der Waals surface area contributed by atoms with Gasteiger partial charge in [0.2, 0.25) is 0 Å². The summed E-state index contributed by atoms with van der Waals surface area (Å²) in [6.45, 7) is 9.46. The molecule has 0 bridgehead atoms. The molecule has 17 heavy (non-hydrogen) atoms. The summed E-state index contributed by atoms with van der Waals surface area (Å²) < 4.78 is 11.0. The maximum Gasteiger partial charge on any atom is 0.0900 e. The van der Waals surface area contributed by atoms with Crippen molar-refractivity contribution in [2.75, 3.05) is 27.3 Å². The summed E-state index contributed by atoms with van der Waals surface area (Å²) >= 11 is 0. The molecule has 0 aliphatic carbocycles. The average molecular weight is 245 g/mol. The van der Waals surface area contributed by atoms with Gasteiger partial charge in [-0.05, 0) is 41.2 Å². The van der Waals surface area contributed by atoms with Gasteiger partial charge in [-0.15, -0.1) is 0 Å². The van der Waals surface area contributed by atoms with Crippen LogP contribution in [-0.2, 0) is 9.47 Å². The second-order valence-corrected chi connectivity index (χ2v) is 6.23. The highest BCUT2D eigenvalue weighted by molar-refractivity contribution is 4.99. The fraction of sp³-hybridized carbons (Fsp3) is 1.00. The van der Waals surface area contributed by atoms with E-state index >= 15 is 0 Å². The number of hydrogen-bond donors (Lipinski definition) is 1. The van der Waals surface area contributed by atoms with E-state index in [0.29, 0.717) is 19.2 Å². The summed E-state index contributed by atoms with van der Waals surface area (Å²) in [5.41, 5.74) is -0.264. The van der Waals surface area contributed by atoms with Crippen LogP contribution in [0.25, 0.3) is 0 Å². The predicted octanol–water partition coefficient (Wildman–Crippen LogP) is 1.27. The molecule has 0 amide bonds. The standard InChI is InChI=1S/C13H27NO3/c1-12(2)7-11(13(3,4)17-12)14(5)8-10(15)9-16-6/h10-11,15H,7-9H2,1-6H3. The molecule has 102 valence electrons. The van der Waals surface area contributed by atoms with E-state index in [-0.39, 0.29) is 11.2 Å². The Hall–Kier alpha value is -0.160. The van der Waals surface area contributed by atoms with Gasteiger partial charge in [-0.1, -0.05) is 0 Å². The zero-order chi connectivity index (χ0) is 13.3. The smallest absolute Gasteiger partial charge is 0.0900 e. The van der Waals surface area contributed by atoms with Crippen molar-refractivity contribution in [3.63, 3.8) is 0 Å². The Bertz CT molecular complexity index is 253. The molecule has 1 rings (SSSR count). The molecule has 1 heterocycles. The van der Waals surface area contributed by atoms with E-state index in [2.05, 4.69) is 32.6 Å². The Morgan fingerprint density at radius 2 is 2.00 bits per heavy atom. The second kappa shape index (κ2) is 5.22. The van der Waals surface area contributed by atoms with Crippen LogP contribution in [0.3, 0.4) is 0 Å². The van der Waals surface area contributed by atoms with E-state index in [1.165, 1.54) is 0 Å². The molecule has 2 atom stereocenters. The van der Waals surface area contributed by atoms with Crippen LogP contribution in [0.1, 0.15) is 34.1 Å². The van der Waals surface area contributed by atoms with Crippen LogP contribution < -0.4 is 0 Å². The van der Waals surface area contributed by atoms with Gasteiger partial charge in [0.05, 0.1) is 23.9 Å². The third-order valence-corrected chi connectivity index (χ3v) is 3.42. The molecule has 2 unspecified atom stereocenters. The Balaban J connectivity index is 2.60. The van der Waals surface area contributed by atoms with E-state index in [4.69, 9.17) is 9.47 Å². The number of aliphatic hydroxyl groups excluding tert-OH is 1. The Morgan fingerprint density at radius 1 is 1.41 bits per heavy atom. The first-order valence-corrected chi connectivity index (χ1v) is 6.25. The van der Waals surface area contributed by atoms with Gasteiger partial charge in [0.25, 0.3) is 0 Å². The van der Waals surface area contributed by atoms with Crippen molar-refractivity contribution in [2.45, 2.75) is 57.5 Å². The fourth-order valence-corrected chi connectivity index (χ4v) is 2.92. The highest BCUT2D eigenvalue weighted by atomic mass is 16.5. The van der Waals surface area contributed by atoms with Gasteiger partial charge in [0.15, 0.2) is 0 Å². The van der Waals surface area contributed by atoms with E-state index in [0.717, 1.165) is 6.42 Å². The number of nitrogens with zero attached hydrogens (tertiary/aromatic N) is 1. The zero-order valence-electron chi connectivity index (χ0n) is 12.0. The van der Waals surface area contributed by atoms with Gasteiger partial charge in [0, 0.05) is 19.7 Å². The third-order valence-electron chi connectivity index (χ3n) is 3.42. The van der Waals surface area contributed by atoms with Crippen LogP contribution in [0.4, 0.5) is 0 Å². The first-order valence-electron chi connectivity index (χ1n) is 6.25. The third kappa shape index (κ3) is 3.91. The number of likely N-dealkylation sites (N-methyl/N-ethyl adjacent to an activating group) is 1. The van der Waals surface area contributed by atoms with Crippen LogP contribution >= 0.6 is 0 Å². The molecule has 1 aliphatic rings. The molecular weight excluding hydrogens is 218 g/mol. The molecule has 0 saturated carbocycles. The lowest BCUT2D eigenvalue weighted by molar-refractivity contribution is -0.0816. The highest BCUT2D eigenvalue weighted by Gasteiger charge is 2.47. The quantitative estimate of drug-likeness (QED) is 0.792. The molecule has 0 spiro atoms. The fourth-order valence-electron chi connectivity index (χ4n) is 2.92. The molecule has 0 aromatic rings. The number of methoxy groups -OCH3 is 1. The van der Waals surface area contributed by atoms with Crippen molar-refractivity contribution in [2.24, 2.45) is 0 Å². The lowest BCUT2D eigenvalue weighted by atomic mass is 9.93. The van der Waals surface area contributed by atoms with Crippen molar-refractivity contribution in [1.29, 1.82) is 0 Å². The van der Waals surface area contributed by atoms with Crippen LogP contribution in [-0.4, -0.2) is 60.7 Å². The lowest BCUT2D eigenvalue weighted by Gasteiger charge is -2.34. The van der Waals surface area contributed by atoms with Crippen LogP contribution in [0.2, 0.25) is 0 Å². The maximum atomic E-state index is 9.77. The van der Waals surface area contributed by atoms with E-state index < -0.39 is 6.10 Å². The minimum Gasteiger partial charge on any atom is -0.389 e. The summed E-state index contributed by atoms with van der Waals surface area (Å²) in [7, 11) is 3.64. The topological polar surface area (TPSA) is 41.9 Å². The monoisotopic (exact) mass is 245 g/mol. The molecule has 0 radical (unpaired) electrons. The Labute approximate surface area is 105 Å². The SMILES string of the molecule is COCC(O)CN(C)C1CC(C)(C)OC1(C)C. The minimum absolute atomic E-state index is 0.0887. The molecule has 0 aromatic heterocycles. The normalized spacial score (nSPS) is 28.6. The number of hydrogen-bond acceptors (Lipinski definition) is 4. The largest absolute Gasteiger partial charge is 0.389 e. The second-order valence-electron chi connectivity index (χ2n) is 6.23. The number of rotatable bonds is 5. The molecule has 4 heteroatoms. The summed E-state index contributed by atoms with van der Waals surface area (Å²) in [5.74, 6) is 0. The molecule has 1 aliphatic heterocycles. The molecular formula is C13H27NO3. The molecule has 1 saturated heterocycles. The first kappa shape index (κ1) is 14.9. The molecule has 4 nitrogen and oxygen atoms in total. The summed E-state index contributed by atoms with van der Waals surface area (Å²) in [6.07, 6.45) is 0.542. The van der Waals surface area contributed by atoms with Crippen molar-refractivity contribution in [1.82, 2.24) is 4.90 Å². The van der Waals surface area contributed by atoms with E-state index in [9.17, 15) is 5.11 Å². The van der Waals surface area contributed by atoms with Crippen LogP contribution in [0.15, 0.2) is 0 Å². The minimum atomic E-state index is -0.440. The van der Waals surface area contributed by atoms with E-state index in [1.54, 1.807) is 7.11 Å². The van der Waals surface area contributed by atoms with E-state index in [1.807, 2.05) is 7.05 Å². The molecule has 1 fully saturated rings. The van der Waals surface area contributed by atoms with Gasteiger partial charge in [-0.2, -0.15) is 0 Å². The molecule has 0 aromatic carbocycles. The van der Waals surface area contributed by atoms with Gasteiger partial charge in [0.1, 0.15) is 0 Å². The summed E-state index contributed by atoms with van der Waals surface area (Å²) in [4.78, 5) is 2.18. The predicted molar refractivity (Wildman–Crippen MR) is 68.2 cm³/mol. The maximum absolute atomic E-state index is 9.77.